The lowest BCUT2D eigenvalue weighted by Gasteiger charge is -2.46. The first-order valence-electron chi connectivity index (χ1n) is 10.1. The minimum Gasteiger partial charge on any atom is -0.351 e. The third-order valence-corrected chi connectivity index (χ3v) is 6.36. The summed E-state index contributed by atoms with van der Waals surface area (Å²) in [7, 11) is 0. The number of hydrogen-bond acceptors (Lipinski definition) is 2. The molecular weight excluding hydrogens is 374 g/mol. The molecule has 1 aliphatic heterocycles. The van der Waals surface area contributed by atoms with Gasteiger partial charge in [-0.1, -0.05) is 36.8 Å². The molecule has 1 saturated carbocycles. The van der Waals surface area contributed by atoms with E-state index >= 15 is 0 Å². The number of amides is 2. The molecule has 6 heteroatoms. The molecule has 0 spiro atoms. The fourth-order valence-electron chi connectivity index (χ4n) is 4.87. The molecule has 4 rings (SSSR count). The molecule has 29 heavy (non-hydrogen) atoms. The molecule has 2 aliphatic rings. The average molecular weight is 398 g/mol. The number of likely N-dealkylation sites (tertiary alicyclic amines) is 1. The number of nitrogens with zero attached hydrogens (tertiary/aromatic N) is 1. The van der Waals surface area contributed by atoms with Crippen LogP contribution < -0.4 is 5.32 Å². The Bertz CT molecular complexity index is 918. The van der Waals surface area contributed by atoms with Crippen LogP contribution in [0.25, 0.3) is 0 Å². The Hall–Kier alpha value is -2.76. The molecule has 2 amide bonds. The van der Waals surface area contributed by atoms with Gasteiger partial charge in [-0.3, -0.25) is 9.59 Å². The summed E-state index contributed by atoms with van der Waals surface area (Å²) in [6.07, 6.45) is 3.92. The van der Waals surface area contributed by atoms with Crippen molar-refractivity contribution in [2.24, 2.45) is 5.41 Å². The van der Waals surface area contributed by atoms with Gasteiger partial charge >= 0.3 is 0 Å². The van der Waals surface area contributed by atoms with Crippen molar-refractivity contribution in [2.45, 2.75) is 44.7 Å². The van der Waals surface area contributed by atoms with E-state index in [1.54, 1.807) is 0 Å². The monoisotopic (exact) mass is 398 g/mol. The van der Waals surface area contributed by atoms with Gasteiger partial charge in [0.15, 0.2) is 0 Å². The quantitative estimate of drug-likeness (QED) is 0.826. The summed E-state index contributed by atoms with van der Waals surface area (Å²) in [6, 6.07) is 12.8. The zero-order chi connectivity index (χ0) is 20.4. The van der Waals surface area contributed by atoms with E-state index in [1.807, 2.05) is 35.2 Å². The second-order valence-corrected chi connectivity index (χ2v) is 8.08. The predicted molar refractivity (Wildman–Crippen MR) is 105 cm³/mol. The first-order valence-corrected chi connectivity index (χ1v) is 10.1. The molecule has 1 heterocycles. The summed E-state index contributed by atoms with van der Waals surface area (Å²) in [6.45, 7) is 0.906. The van der Waals surface area contributed by atoms with Crippen molar-refractivity contribution >= 4 is 11.8 Å². The highest BCUT2D eigenvalue weighted by molar-refractivity contribution is 5.94. The van der Waals surface area contributed by atoms with Gasteiger partial charge < -0.3 is 10.2 Å². The zero-order valence-electron chi connectivity index (χ0n) is 16.2. The first-order chi connectivity index (χ1) is 14.0. The van der Waals surface area contributed by atoms with E-state index in [0.717, 1.165) is 43.0 Å². The van der Waals surface area contributed by atoms with Gasteiger partial charge in [0.1, 0.15) is 11.6 Å². The normalized spacial score (nSPS) is 23.7. The van der Waals surface area contributed by atoms with Gasteiger partial charge in [0, 0.05) is 31.0 Å². The number of carbonyl (C=O) groups is 2. The minimum atomic E-state index is -0.742. The van der Waals surface area contributed by atoms with Crippen molar-refractivity contribution < 1.29 is 18.4 Å². The number of nitrogens with one attached hydrogen (secondary N) is 1. The van der Waals surface area contributed by atoms with Crippen molar-refractivity contribution in [3.63, 3.8) is 0 Å². The molecular formula is C23H24F2N2O2. The van der Waals surface area contributed by atoms with Crippen LogP contribution in [-0.4, -0.2) is 29.3 Å². The largest absolute Gasteiger partial charge is 0.351 e. The van der Waals surface area contributed by atoms with Gasteiger partial charge in [-0.25, -0.2) is 8.78 Å². The van der Waals surface area contributed by atoms with Crippen molar-refractivity contribution in [2.75, 3.05) is 6.54 Å². The smallest absolute Gasteiger partial charge is 0.254 e. The van der Waals surface area contributed by atoms with Crippen LogP contribution in [0.4, 0.5) is 8.78 Å². The van der Waals surface area contributed by atoms with E-state index < -0.39 is 17.5 Å². The Morgan fingerprint density at radius 1 is 1.14 bits per heavy atom. The summed E-state index contributed by atoms with van der Waals surface area (Å²) in [5, 5.41) is 2.81. The van der Waals surface area contributed by atoms with Crippen LogP contribution in [0.5, 0.6) is 0 Å². The molecule has 2 fully saturated rings. The maximum absolute atomic E-state index is 13.9. The van der Waals surface area contributed by atoms with E-state index in [2.05, 4.69) is 5.32 Å². The summed E-state index contributed by atoms with van der Waals surface area (Å²) in [4.78, 5) is 27.1. The lowest BCUT2D eigenvalue weighted by molar-refractivity contribution is -0.142. The van der Waals surface area contributed by atoms with Crippen LogP contribution in [0.3, 0.4) is 0 Å². The van der Waals surface area contributed by atoms with E-state index in [4.69, 9.17) is 0 Å². The molecule has 2 atom stereocenters. The summed E-state index contributed by atoms with van der Waals surface area (Å²) in [5.41, 5.74) is 0.570. The Morgan fingerprint density at radius 3 is 2.72 bits per heavy atom. The highest BCUT2D eigenvalue weighted by atomic mass is 19.1. The van der Waals surface area contributed by atoms with Gasteiger partial charge in [0.2, 0.25) is 5.91 Å². The molecule has 4 nitrogen and oxygen atoms in total. The van der Waals surface area contributed by atoms with Crippen LogP contribution in [-0.2, 0) is 11.3 Å². The first kappa shape index (κ1) is 19.6. The highest BCUT2D eigenvalue weighted by Crippen LogP contribution is 2.48. The lowest BCUT2D eigenvalue weighted by Crippen LogP contribution is -2.55. The maximum atomic E-state index is 13.9. The molecule has 0 aromatic heterocycles. The van der Waals surface area contributed by atoms with Gasteiger partial charge in [-0.05, 0) is 43.0 Å². The van der Waals surface area contributed by atoms with Crippen LogP contribution in [0.1, 0.15) is 48.0 Å². The topological polar surface area (TPSA) is 49.4 Å². The van der Waals surface area contributed by atoms with E-state index in [1.165, 1.54) is 0 Å². The average Bonchev–Trinajstić information content (AvgIpc) is 3.16. The molecule has 1 saturated heterocycles. The predicted octanol–water partition coefficient (Wildman–Crippen LogP) is 4.06. The summed E-state index contributed by atoms with van der Waals surface area (Å²) < 4.78 is 27.4. The lowest BCUT2D eigenvalue weighted by atomic mass is 9.74. The van der Waals surface area contributed by atoms with Crippen molar-refractivity contribution in [1.29, 1.82) is 0 Å². The Kier molecular flexibility index (Phi) is 5.35. The number of fused-ring (bicyclic) bond motifs is 1. The molecule has 0 bridgehead atoms. The molecule has 152 valence electrons. The van der Waals surface area contributed by atoms with Crippen LogP contribution in [0.15, 0.2) is 48.5 Å². The van der Waals surface area contributed by atoms with Gasteiger partial charge in [-0.15, -0.1) is 0 Å². The molecule has 1 N–H and O–H groups in total. The minimum absolute atomic E-state index is 0.0432. The number of halogens is 2. The van der Waals surface area contributed by atoms with E-state index in [0.29, 0.717) is 25.9 Å². The number of piperidine rings is 1. The standard InChI is InChI=1S/C23H24F2N2O2/c24-17-8-9-19(25)18(13-17)22(29)26-15-23-11-4-7-20(23)27(21(28)10-12-23)14-16-5-2-1-3-6-16/h1-3,5-6,8-9,13,20H,4,7,10-12,14-15H2,(H,26,29)/t20-,23+/m1/s1. The van der Waals surface area contributed by atoms with Gasteiger partial charge in [0.05, 0.1) is 5.56 Å². The molecule has 1 aliphatic carbocycles. The summed E-state index contributed by atoms with van der Waals surface area (Å²) in [5.74, 6) is -1.87. The fraction of sp³-hybridized carbons (Fsp3) is 0.391. The van der Waals surface area contributed by atoms with Gasteiger partial charge in [-0.2, -0.15) is 0 Å². The second kappa shape index (κ2) is 7.93. The van der Waals surface area contributed by atoms with Crippen LogP contribution in [0.2, 0.25) is 0 Å². The fourth-order valence-corrected chi connectivity index (χ4v) is 4.87. The zero-order valence-corrected chi connectivity index (χ0v) is 16.2. The van der Waals surface area contributed by atoms with E-state index in [9.17, 15) is 18.4 Å². The third kappa shape index (κ3) is 3.88. The highest BCUT2D eigenvalue weighted by Gasteiger charge is 2.50. The number of benzene rings is 2. The Balaban J connectivity index is 1.50. The number of hydrogen-bond donors (Lipinski definition) is 1. The van der Waals surface area contributed by atoms with Crippen molar-refractivity contribution in [3.05, 3.63) is 71.3 Å². The maximum Gasteiger partial charge on any atom is 0.254 e. The van der Waals surface area contributed by atoms with E-state index in [-0.39, 0.29) is 22.9 Å². The third-order valence-electron chi connectivity index (χ3n) is 6.36. The molecule has 2 aromatic carbocycles. The van der Waals surface area contributed by atoms with Crippen LogP contribution in [0, 0.1) is 17.0 Å². The van der Waals surface area contributed by atoms with Gasteiger partial charge in [0.25, 0.3) is 5.91 Å². The number of rotatable bonds is 5. The molecule has 0 radical (unpaired) electrons. The molecule has 0 unspecified atom stereocenters. The SMILES string of the molecule is O=C(NC[C@@]12CCC[C@H]1N(Cc1ccccc1)C(=O)CC2)c1cc(F)ccc1F. The Labute approximate surface area is 168 Å². The van der Waals surface area contributed by atoms with Crippen LogP contribution >= 0.6 is 0 Å². The number of carbonyl (C=O) groups excluding carboxylic acids is 2. The Morgan fingerprint density at radius 2 is 1.93 bits per heavy atom. The molecule has 2 aromatic rings. The summed E-state index contributed by atoms with van der Waals surface area (Å²) >= 11 is 0. The van der Waals surface area contributed by atoms with Crippen molar-refractivity contribution in [3.8, 4) is 0 Å². The van der Waals surface area contributed by atoms with Crippen molar-refractivity contribution in [1.82, 2.24) is 10.2 Å². The second-order valence-electron chi connectivity index (χ2n) is 8.08.